The van der Waals surface area contributed by atoms with Crippen LogP contribution in [0.25, 0.3) is 0 Å². The highest BCUT2D eigenvalue weighted by Gasteiger charge is 2.25. The molecule has 100 valence electrons. The number of nitrogens with zero attached hydrogens (tertiary/aromatic N) is 1. The molecular weight excluding hydrogens is 248 g/mol. The van der Waals surface area contributed by atoms with Gasteiger partial charge < -0.3 is 16.4 Å². The SMILES string of the molecule is CNC(=O)c1c(N)nsc1NC(C)C1CCCC1. The second kappa shape index (κ2) is 5.56. The summed E-state index contributed by atoms with van der Waals surface area (Å²) in [7, 11) is 1.60. The molecule has 1 fully saturated rings. The van der Waals surface area contributed by atoms with Crippen LogP contribution in [-0.2, 0) is 0 Å². The fourth-order valence-corrected chi connectivity index (χ4v) is 3.34. The Hall–Kier alpha value is -1.30. The Morgan fingerprint density at radius 2 is 2.17 bits per heavy atom. The van der Waals surface area contributed by atoms with E-state index in [9.17, 15) is 4.79 Å². The van der Waals surface area contributed by atoms with Gasteiger partial charge in [0, 0.05) is 13.1 Å². The van der Waals surface area contributed by atoms with Gasteiger partial charge in [0.25, 0.3) is 5.91 Å². The van der Waals surface area contributed by atoms with Crippen LogP contribution in [-0.4, -0.2) is 23.4 Å². The molecule has 4 N–H and O–H groups in total. The van der Waals surface area contributed by atoms with Crippen LogP contribution in [0.5, 0.6) is 0 Å². The number of hydrogen-bond acceptors (Lipinski definition) is 5. The topological polar surface area (TPSA) is 80.0 Å². The largest absolute Gasteiger partial charge is 0.382 e. The summed E-state index contributed by atoms with van der Waals surface area (Å²) < 4.78 is 4.06. The quantitative estimate of drug-likeness (QED) is 0.781. The molecule has 1 aromatic rings. The van der Waals surface area contributed by atoms with Crippen LogP contribution in [0.4, 0.5) is 10.8 Å². The van der Waals surface area contributed by atoms with Crippen LogP contribution in [0.2, 0.25) is 0 Å². The van der Waals surface area contributed by atoms with Crippen molar-refractivity contribution in [2.75, 3.05) is 18.1 Å². The van der Waals surface area contributed by atoms with Gasteiger partial charge in [0.2, 0.25) is 0 Å². The highest BCUT2D eigenvalue weighted by molar-refractivity contribution is 7.11. The van der Waals surface area contributed by atoms with Crippen molar-refractivity contribution >= 4 is 28.3 Å². The lowest BCUT2D eigenvalue weighted by atomic mass is 10.00. The third kappa shape index (κ3) is 2.58. The number of aromatic nitrogens is 1. The smallest absolute Gasteiger partial charge is 0.257 e. The lowest BCUT2D eigenvalue weighted by Gasteiger charge is -2.20. The summed E-state index contributed by atoms with van der Waals surface area (Å²) in [5.74, 6) is 0.814. The zero-order valence-corrected chi connectivity index (χ0v) is 11.6. The third-order valence-corrected chi connectivity index (χ3v) is 4.43. The number of carbonyl (C=O) groups excluding carboxylic acids is 1. The maximum absolute atomic E-state index is 11.8. The summed E-state index contributed by atoms with van der Waals surface area (Å²) in [6.07, 6.45) is 5.14. The number of carbonyl (C=O) groups is 1. The van der Waals surface area contributed by atoms with E-state index in [1.54, 1.807) is 7.05 Å². The molecule has 1 atom stereocenters. The molecule has 5 nitrogen and oxygen atoms in total. The average Bonchev–Trinajstić information content (AvgIpc) is 2.98. The third-order valence-electron chi connectivity index (χ3n) is 3.64. The predicted octanol–water partition coefficient (Wildman–Crippen LogP) is 2.08. The predicted molar refractivity (Wildman–Crippen MR) is 75.0 cm³/mol. The summed E-state index contributed by atoms with van der Waals surface area (Å²) in [6, 6.07) is 0.357. The van der Waals surface area contributed by atoms with Crippen LogP contribution in [0.1, 0.15) is 43.0 Å². The maximum atomic E-state index is 11.8. The van der Waals surface area contributed by atoms with Crippen molar-refractivity contribution < 1.29 is 4.79 Å². The van der Waals surface area contributed by atoms with Crippen molar-refractivity contribution in [2.24, 2.45) is 5.92 Å². The first-order valence-electron chi connectivity index (χ1n) is 6.37. The first-order chi connectivity index (χ1) is 8.63. The number of nitrogen functional groups attached to an aromatic ring is 1. The molecule has 0 aromatic carbocycles. The molecule has 18 heavy (non-hydrogen) atoms. The fraction of sp³-hybridized carbons (Fsp3) is 0.667. The molecule has 1 saturated carbocycles. The summed E-state index contributed by atoms with van der Waals surface area (Å²) in [4.78, 5) is 11.8. The Morgan fingerprint density at radius 1 is 1.50 bits per heavy atom. The van der Waals surface area contributed by atoms with E-state index in [1.807, 2.05) is 0 Å². The summed E-state index contributed by atoms with van der Waals surface area (Å²) in [6.45, 7) is 2.17. The van der Waals surface area contributed by atoms with Gasteiger partial charge in [0.05, 0.1) is 0 Å². The van der Waals surface area contributed by atoms with Gasteiger partial charge in [-0.1, -0.05) is 12.8 Å². The molecule has 0 radical (unpaired) electrons. The van der Waals surface area contributed by atoms with Gasteiger partial charge >= 0.3 is 0 Å². The molecule has 0 saturated heterocycles. The molecule has 1 aliphatic carbocycles. The second-order valence-electron chi connectivity index (χ2n) is 4.83. The zero-order valence-electron chi connectivity index (χ0n) is 10.8. The lowest BCUT2D eigenvalue weighted by Crippen LogP contribution is -2.26. The fourth-order valence-electron chi connectivity index (χ4n) is 2.53. The van der Waals surface area contributed by atoms with Crippen LogP contribution in [0, 0.1) is 5.92 Å². The molecule has 0 spiro atoms. The molecule has 6 heteroatoms. The Labute approximate surface area is 111 Å². The van der Waals surface area contributed by atoms with E-state index in [-0.39, 0.29) is 5.91 Å². The van der Waals surface area contributed by atoms with Gasteiger partial charge in [-0.15, -0.1) is 0 Å². The number of rotatable bonds is 4. The molecular formula is C12H20N4OS. The Kier molecular flexibility index (Phi) is 4.06. The molecule has 1 unspecified atom stereocenters. The Morgan fingerprint density at radius 3 is 2.78 bits per heavy atom. The van der Waals surface area contributed by atoms with Crippen molar-refractivity contribution in [1.82, 2.24) is 9.69 Å². The van der Waals surface area contributed by atoms with E-state index in [4.69, 9.17) is 5.73 Å². The summed E-state index contributed by atoms with van der Waals surface area (Å²) in [5.41, 5.74) is 6.22. The zero-order chi connectivity index (χ0) is 13.1. The lowest BCUT2D eigenvalue weighted by molar-refractivity contribution is 0.0965. The molecule has 1 heterocycles. The van der Waals surface area contributed by atoms with Crippen molar-refractivity contribution in [3.05, 3.63) is 5.56 Å². The van der Waals surface area contributed by atoms with Gasteiger partial charge in [0.15, 0.2) is 5.82 Å². The molecule has 1 aliphatic rings. The highest BCUT2D eigenvalue weighted by Crippen LogP contribution is 2.32. The van der Waals surface area contributed by atoms with Gasteiger partial charge in [-0.05, 0) is 37.2 Å². The first kappa shape index (κ1) is 13.1. The van der Waals surface area contributed by atoms with Crippen LogP contribution in [0.3, 0.4) is 0 Å². The minimum Gasteiger partial charge on any atom is -0.382 e. The molecule has 0 bridgehead atoms. The monoisotopic (exact) mass is 268 g/mol. The van der Waals surface area contributed by atoms with Gasteiger partial charge in [-0.2, -0.15) is 4.37 Å². The first-order valence-corrected chi connectivity index (χ1v) is 7.14. The van der Waals surface area contributed by atoms with Gasteiger partial charge in [-0.25, -0.2) is 0 Å². The minimum absolute atomic E-state index is 0.178. The standard InChI is InChI=1S/C12H20N4OS/c1-7(8-5-3-4-6-8)15-12-9(11(17)14-2)10(13)16-18-12/h7-8,15H,3-6H2,1-2H3,(H2,13,16)(H,14,17). The van der Waals surface area contributed by atoms with Crippen LogP contribution < -0.4 is 16.4 Å². The van der Waals surface area contributed by atoms with E-state index in [0.29, 0.717) is 23.3 Å². The van der Waals surface area contributed by atoms with Crippen molar-refractivity contribution in [2.45, 2.75) is 38.6 Å². The number of amides is 1. The van der Waals surface area contributed by atoms with E-state index in [1.165, 1.54) is 37.2 Å². The molecule has 1 aromatic heterocycles. The number of nitrogens with one attached hydrogen (secondary N) is 2. The Bertz CT molecular complexity index is 426. The minimum atomic E-state index is -0.178. The highest BCUT2D eigenvalue weighted by atomic mass is 32.1. The van der Waals surface area contributed by atoms with Crippen molar-refractivity contribution in [1.29, 1.82) is 0 Å². The van der Waals surface area contributed by atoms with E-state index in [0.717, 1.165) is 5.00 Å². The molecule has 1 amide bonds. The van der Waals surface area contributed by atoms with Crippen LogP contribution >= 0.6 is 11.5 Å². The maximum Gasteiger partial charge on any atom is 0.257 e. The van der Waals surface area contributed by atoms with E-state index < -0.39 is 0 Å². The average molecular weight is 268 g/mol. The second-order valence-corrected chi connectivity index (χ2v) is 5.60. The molecule has 0 aliphatic heterocycles. The van der Waals surface area contributed by atoms with Crippen molar-refractivity contribution in [3.8, 4) is 0 Å². The van der Waals surface area contributed by atoms with Gasteiger partial charge in [0.1, 0.15) is 10.6 Å². The van der Waals surface area contributed by atoms with Gasteiger partial charge in [-0.3, -0.25) is 4.79 Å². The van der Waals surface area contributed by atoms with E-state index >= 15 is 0 Å². The van der Waals surface area contributed by atoms with Crippen LogP contribution in [0.15, 0.2) is 0 Å². The van der Waals surface area contributed by atoms with E-state index in [2.05, 4.69) is 21.9 Å². The Balaban J connectivity index is 2.11. The number of nitrogens with two attached hydrogens (primary N) is 1. The summed E-state index contributed by atoms with van der Waals surface area (Å²) in [5, 5.41) is 6.79. The molecule has 2 rings (SSSR count). The van der Waals surface area contributed by atoms with Crippen molar-refractivity contribution in [3.63, 3.8) is 0 Å². The number of anilines is 2. The number of hydrogen-bond donors (Lipinski definition) is 3. The normalized spacial score (nSPS) is 17.7. The summed E-state index contributed by atoms with van der Waals surface area (Å²) >= 11 is 1.26.